The number of nitrogens with one attached hydrogen (secondary N) is 1. The quantitative estimate of drug-likeness (QED) is 0.838. The molecule has 20 heavy (non-hydrogen) atoms. The fourth-order valence-electron chi connectivity index (χ4n) is 2.68. The number of aryl methyl sites for hydroxylation is 1. The van der Waals surface area contributed by atoms with Gasteiger partial charge in [-0.1, -0.05) is 12.1 Å². The molecule has 0 spiro atoms. The summed E-state index contributed by atoms with van der Waals surface area (Å²) >= 11 is 0. The third kappa shape index (κ3) is 4.60. The van der Waals surface area contributed by atoms with Crippen LogP contribution >= 0.6 is 0 Å². The fourth-order valence-corrected chi connectivity index (χ4v) is 2.68. The fraction of sp³-hybridized carbons (Fsp3) is 0.562. The second kappa shape index (κ2) is 7.39. The summed E-state index contributed by atoms with van der Waals surface area (Å²) in [5.41, 5.74) is 1.11. The Morgan fingerprint density at radius 2 is 2.15 bits per heavy atom. The highest BCUT2D eigenvalue weighted by atomic mass is 19.1. The van der Waals surface area contributed by atoms with E-state index in [1.165, 1.54) is 12.1 Å². The number of carbonyl (C=O) groups excluding carboxylic acids is 1. The van der Waals surface area contributed by atoms with Crippen LogP contribution in [0.4, 0.5) is 4.39 Å². The molecule has 0 saturated carbocycles. The highest BCUT2D eigenvalue weighted by Gasteiger charge is 2.23. The average Bonchev–Trinajstić information content (AvgIpc) is 2.45. The predicted molar refractivity (Wildman–Crippen MR) is 78.0 cm³/mol. The van der Waals surface area contributed by atoms with Gasteiger partial charge in [-0.15, -0.1) is 0 Å². The van der Waals surface area contributed by atoms with Crippen molar-refractivity contribution in [1.82, 2.24) is 10.2 Å². The van der Waals surface area contributed by atoms with Crippen molar-refractivity contribution in [1.29, 1.82) is 0 Å². The van der Waals surface area contributed by atoms with Crippen LogP contribution in [-0.4, -0.2) is 37.5 Å². The molecule has 1 N–H and O–H groups in total. The van der Waals surface area contributed by atoms with E-state index < -0.39 is 0 Å². The first kappa shape index (κ1) is 15.0. The summed E-state index contributed by atoms with van der Waals surface area (Å²) in [6.07, 6.45) is 3.85. The molecule has 1 aliphatic heterocycles. The molecular weight excluding hydrogens is 255 g/mol. The van der Waals surface area contributed by atoms with E-state index in [0.29, 0.717) is 6.54 Å². The Kier molecular flexibility index (Phi) is 5.53. The monoisotopic (exact) mass is 278 g/mol. The molecule has 1 saturated heterocycles. The molecule has 4 heteroatoms. The Labute approximate surface area is 120 Å². The lowest BCUT2D eigenvalue weighted by Gasteiger charge is -2.28. The smallest absolute Gasteiger partial charge is 0.224 e. The van der Waals surface area contributed by atoms with Gasteiger partial charge in [-0.2, -0.15) is 0 Å². The molecule has 0 aliphatic carbocycles. The molecule has 0 aromatic heterocycles. The molecule has 1 unspecified atom stereocenters. The molecule has 0 radical (unpaired) electrons. The molecule has 2 rings (SSSR count). The lowest BCUT2D eigenvalue weighted by atomic mass is 9.97. The zero-order valence-electron chi connectivity index (χ0n) is 12.1. The number of likely N-dealkylation sites (tertiary alicyclic amines) is 1. The van der Waals surface area contributed by atoms with Gasteiger partial charge < -0.3 is 10.2 Å². The van der Waals surface area contributed by atoms with Gasteiger partial charge in [-0.3, -0.25) is 4.79 Å². The van der Waals surface area contributed by atoms with Gasteiger partial charge in [-0.25, -0.2) is 4.39 Å². The molecule has 1 aromatic carbocycles. The minimum atomic E-state index is -0.205. The highest BCUT2D eigenvalue weighted by Crippen LogP contribution is 2.15. The second-order valence-corrected chi connectivity index (χ2v) is 5.62. The Bertz CT molecular complexity index is 433. The van der Waals surface area contributed by atoms with Gasteiger partial charge in [0.15, 0.2) is 0 Å². The summed E-state index contributed by atoms with van der Waals surface area (Å²) < 4.78 is 12.8. The number of rotatable bonds is 5. The van der Waals surface area contributed by atoms with Gasteiger partial charge >= 0.3 is 0 Å². The molecular formula is C16H23FN2O. The third-order valence-corrected chi connectivity index (χ3v) is 3.85. The van der Waals surface area contributed by atoms with Crippen molar-refractivity contribution < 1.29 is 9.18 Å². The first-order valence-corrected chi connectivity index (χ1v) is 7.36. The topological polar surface area (TPSA) is 32.3 Å². The van der Waals surface area contributed by atoms with E-state index in [-0.39, 0.29) is 17.6 Å². The van der Waals surface area contributed by atoms with Crippen molar-refractivity contribution in [2.24, 2.45) is 5.92 Å². The van der Waals surface area contributed by atoms with Crippen LogP contribution in [-0.2, 0) is 11.2 Å². The van der Waals surface area contributed by atoms with Crippen LogP contribution in [0.1, 0.15) is 24.8 Å². The minimum absolute atomic E-state index is 0.138. The first-order chi connectivity index (χ1) is 9.65. The Morgan fingerprint density at radius 3 is 2.85 bits per heavy atom. The molecule has 0 bridgehead atoms. The number of carbonyl (C=O) groups is 1. The van der Waals surface area contributed by atoms with E-state index in [4.69, 9.17) is 0 Å². The summed E-state index contributed by atoms with van der Waals surface area (Å²) in [5.74, 6) is 0.110. The van der Waals surface area contributed by atoms with Crippen LogP contribution in [0.5, 0.6) is 0 Å². The average molecular weight is 278 g/mol. The highest BCUT2D eigenvalue weighted by molar-refractivity contribution is 5.78. The summed E-state index contributed by atoms with van der Waals surface area (Å²) in [6, 6.07) is 6.55. The van der Waals surface area contributed by atoms with Crippen molar-refractivity contribution in [2.75, 3.05) is 26.7 Å². The van der Waals surface area contributed by atoms with Crippen LogP contribution in [0.3, 0.4) is 0 Å². The van der Waals surface area contributed by atoms with E-state index in [0.717, 1.165) is 44.3 Å². The van der Waals surface area contributed by atoms with E-state index in [2.05, 4.69) is 17.3 Å². The van der Waals surface area contributed by atoms with Gasteiger partial charge in [-0.05, 0) is 57.0 Å². The summed E-state index contributed by atoms with van der Waals surface area (Å²) in [6.45, 7) is 2.65. The molecule has 3 nitrogen and oxygen atoms in total. The number of amides is 1. The Balaban J connectivity index is 1.65. The van der Waals surface area contributed by atoms with Gasteiger partial charge in [0.25, 0.3) is 0 Å². The molecule has 1 aliphatic rings. The molecule has 1 heterocycles. The van der Waals surface area contributed by atoms with Crippen LogP contribution in [0.25, 0.3) is 0 Å². The zero-order valence-corrected chi connectivity index (χ0v) is 12.1. The number of hydrogen-bond donors (Lipinski definition) is 1. The first-order valence-electron chi connectivity index (χ1n) is 7.36. The predicted octanol–water partition coefficient (Wildman–Crippen LogP) is 2.22. The number of hydrogen-bond acceptors (Lipinski definition) is 2. The molecule has 1 fully saturated rings. The number of nitrogens with zero attached hydrogens (tertiary/aromatic N) is 1. The maximum atomic E-state index is 12.8. The zero-order chi connectivity index (χ0) is 14.4. The van der Waals surface area contributed by atoms with Crippen LogP contribution in [0, 0.1) is 11.7 Å². The van der Waals surface area contributed by atoms with E-state index >= 15 is 0 Å². The van der Waals surface area contributed by atoms with Crippen molar-refractivity contribution >= 4 is 5.91 Å². The minimum Gasteiger partial charge on any atom is -0.356 e. The largest absolute Gasteiger partial charge is 0.356 e. The molecule has 1 amide bonds. The van der Waals surface area contributed by atoms with Gasteiger partial charge in [0, 0.05) is 13.1 Å². The van der Waals surface area contributed by atoms with Gasteiger partial charge in [0.2, 0.25) is 5.91 Å². The number of halogens is 1. The van der Waals surface area contributed by atoms with Crippen molar-refractivity contribution in [2.45, 2.75) is 25.7 Å². The molecule has 1 aromatic rings. The summed E-state index contributed by atoms with van der Waals surface area (Å²) in [4.78, 5) is 14.2. The SMILES string of the molecule is CN1CCCC(C(=O)NCCCc2ccc(F)cc2)C1. The standard InChI is InChI=1S/C16H23FN2O/c1-19-11-3-5-14(12-19)16(20)18-10-2-4-13-6-8-15(17)9-7-13/h6-9,14H,2-5,10-12H2,1H3,(H,18,20). The normalized spacial score (nSPS) is 19.8. The lowest BCUT2D eigenvalue weighted by molar-refractivity contribution is -0.126. The Hall–Kier alpha value is -1.42. The Morgan fingerprint density at radius 1 is 1.40 bits per heavy atom. The number of piperidine rings is 1. The molecule has 110 valence electrons. The second-order valence-electron chi connectivity index (χ2n) is 5.62. The van der Waals surface area contributed by atoms with E-state index in [9.17, 15) is 9.18 Å². The maximum absolute atomic E-state index is 12.8. The third-order valence-electron chi connectivity index (χ3n) is 3.85. The van der Waals surface area contributed by atoms with Crippen LogP contribution in [0.15, 0.2) is 24.3 Å². The van der Waals surface area contributed by atoms with Crippen molar-refractivity contribution in [3.63, 3.8) is 0 Å². The lowest BCUT2D eigenvalue weighted by Crippen LogP contribution is -2.41. The van der Waals surface area contributed by atoms with Crippen molar-refractivity contribution in [3.8, 4) is 0 Å². The molecule has 1 atom stereocenters. The van der Waals surface area contributed by atoms with Crippen molar-refractivity contribution in [3.05, 3.63) is 35.6 Å². The van der Waals surface area contributed by atoms with Crippen LogP contribution in [0.2, 0.25) is 0 Å². The summed E-state index contributed by atoms with van der Waals surface area (Å²) in [5, 5.41) is 3.01. The van der Waals surface area contributed by atoms with Crippen LogP contribution < -0.4 is 5.32 Å². The van der Waals surface area contributed by atoms with E-state index in [1.54, 1.807) is 12.1 Å². The van der Waals surface area contributed by atoms with Gasteiger partial charge in [0.05, 0.1) is 5.92 Å². The van der Waals surface area contributed by atoms with Gasteiger partial charge in [0.1, 0.15) is 5.82 Å². The van der Waals surface area contributed by atoms with E-state index in [1.807, 2.05) is 0 Å². The summed E-state index contributed by atoms with van der Waals surface area (Å²) in [7, 11) is 2.06. The maximum Gasteiger partial charge on any atom is 0.224 e. The number of benzene rings is 1.